The van der Waals surface area contributed by atoms with Gasteiger partial charge in [0.15, 0.2) is 91.5 Å². The Morgan fingerprint density at radius 1 is 0.561 bits per heavy atom. The van der Waals surface area contributed by atoms with Gasteiger partial charge in [0, 0.05) is 27.8 Å². The van der Waals surface area contributed by atoms with Crippen LogP contribution in [0.25, 0.3) is 33.3 Å². The lowest BCUT2D eigenvalue weighted by molar-refractivity contribution is 0.0695. The summed E-state index contributed by atoms with van der Waals surface area (Å²) < 4.78 is 118. The summed E-state index contributed by atoms with van der Waals surface area (Å²) in [5.74, 6) is 27.5. The normalized spacial score (nSPS) is 11.3. The van der Waals surface area contributed by atoms with Crippen molar-refractivity contribution in [3.05, 3.63) is 102 Å². The highest BCUT2D eigenvalue weighted by molar-refractivity contribution is 9.09. The topological polar surface area (TPSA) is 582 Å². The Morgan fingerprint density at radius 2 is 0.953 bits per heavy atom. The number of carbonyl (C=O) groups is 2. The Hall–Kier alpha value is -12.1. The number of ether oxygens (including phenoxy) is 16. The first kappa shape index (κ1) is 85.5. The number of benzene rings is 6. The average molecular weight is 1620 g/mol. The van der Waals surface area contributed by atoms with E-state index in [0.29, 0.717) is 137 Å². The fourth-order valence-corrected chi connectivity index (χ4v) is 9.97. The number of rotatable bonds is 19. The number of alkyl halides is 1. The number of methoxy groups -OCH3 is 12. The molecule has 3 aliphatic heterocycles. The molecule has 9 aromatic rings. The molecule has 0 unspecified atom stereocenters. The van der Waals surface area contributed by atoms with Gasteiger partial charge in [0.05, 0.1) is 108 Å². The van der Waals surface area contributed by atoms with Gasteiger partial charge >= 0.3 is 16.4 Å². The van der Waals surface area contributed by atoms with Crippen LogP contribution in [-0.4, -0.2) is 196 Å². The smallest absolute Gasteiger partial charge is 0.394 e. The number of carboxylic acids is 1. The Morgan fingerprint density at radius 3 is 1.33 bits per heavy atom. The maximum absolute atomic E-state index is 11.3. The van der Waals surface area contributed by atoms with Crippen LogP contribution in [0.5, 0.6) is 92.0 Å². The number of aromatic nitrogens is 8. The van der Waals surface area contributed by atoms with Crippen molar-refractivity contribution in [1.29, 1.82) is 0 Å². The maximum atomic E-state index is 11.3. The van der Waals surface area contributed by atoms with E-state index >= 15 is 0 Å². The standard InChI is InChI=1S/C20H19N5O5.C11H15N5O3.C11H13N3O3S.C10H12O5.C9H7BrO3.CH5N3S.H4N2.H2O4S/c1-26-16-7-12(8-17(27-2)18(16)28-3)19-22-23-20-21-9-13(24-25(19)20)11-4-5-14-15(6-11)30-10-29-14;1-17-7-4-6(5-8(18-2)9(7)19-3)10-14-15-11(12)16(10)13;1-15-7-4-6(10-13-14-11(12)18-10)5-8(16-2)9(7)17-3;1-13-7-4-6(10(11)12)5-8(14-2)9(7)15-3;10-4-7(11)6-1-2-8-9(3-6)13-5-12-8;2-1(5)4-3;1-2;1-5(2,3)4/h4-8H,9-10H2,1-3H3,(H,21,23);4-5H,13H2,1-3H3,(H2,12,15);4-5H,1-3H3,(H2,12,14);4-5H,1-3H3,(H,11,12);1-3H,4-5H2;3H2,(H3,2,4,5);1-2H2;(H2,1,2,3,4). The molecule has 0 saturated heterocycles. The minimum Gasteiger partial charge on any atom is -0.493 e. The minimum absolute atomic E-state index is 0.0401. The van der Waals surface area contributed by atoms with Crippen LogP contribution in [0.3, 0.4) is 0 Å². The molecular weight excluding hydrogens is 1540 g/mol. The van der Waals surface area contributed by atoms with E-state index in [0.717, 1.165) is 28.2 Å². The average Bonchev–Trinajstić information content (AvgIpc) is 1.69. The van der Waals surface area contributed by atoms with Gasteiger partial charge in [0.25, 0.3) is 0 Å². The van der Waals surface area contributed by atoms with Crippen molar-refractivity contribution in [2.45, 2.75) is 0 Å². The molecule has 578 valence electrons. The van der Waals surface area contributed by atoms with Crippen LogP contribution < -0.4 is 127 Å². The summed E-state index contributed by atoms with van der Waals surface area (Å²) >= 11 is 8.65. The van der Waals surface area contributed by atoms with Gasteiger partial charge in [-0.1, -0.05) is 27.3 Å². The van der Waals surface area contributed by atoms with Crippen LogP contribution in [0.15, 0.2) is 90.0 Å². The van der Waals surface area contributed by atoms with Gasteiger partial charge in [-0.05, 0) is 97.1 Å². The van der Waals surface area contributed by atoms with Gasteiger partial charge < -0.3 is 115 Å². The van der Waals surface area contributed by atoms with Crippen LogP contribution in [0.1, 0.15) is 26.3 Å². The summed E-state index contributed by atoms with van der Waals surface area (Å²) in [6.45, 7) is 0.971. The second kappa shape index (κ2) is 41.4. The number of aromatic carboxylic acids is 1. The maximum Gasteiger partial charge on any atom is 0.394 e. The molecule has 0 atom stereocenters. The number of nitrogens with two attached hydrogens (primary N) is 7. The molecule has 0 bridgehead atoms. The SMILES string of the molecule is COc1cc(-c2nnc(N)n2N)cc(OC)c1OC.COc1cc(-c2nnc(N)s2)cc(OC)c1OC.COc1cc(-c2nnc3n2N=C(c2ccc4c(c2)OCO4)CN3)cc(OC)c1OC.COc1cc(C(=O)O)cc(OC)c1OC.NN.NNC(N)=S.O=C(CBr)c1ccc2c(c1)OCO2.O=S(=O)(O)O. The molecule has 107 heavy (non-hydrogen) atoms. The lowest BCUT2D eigenvalue weighted by Gasteiger charge is -2.17. The number of hydrogen-bond acceptors (Lipinski definition) is 36. The molecule has 41 nitrogen and oxygen atoms in total. The van der Waals surface area contributed by atoms with Crippen molar-refractivity contribution in [3.8, 4) is 125 Å². The lowest BCUT2D eigenvalue weighted by atomic mass is 10.1. The van der Waals surface area contributed by atoms with E-state index in [9.17, 15) is 9.59 Å². The monoisotopic (exact) mass is 1620 g/mol. The van der Waals surface area contributed by atoms with E-state index in [1.54, 1.807) is 89.8 Å². The molecule has 6 heterocycles. The number of fused-ring (bicyclic) bond motifs is 3. The second-order valence-electron chi connectivity index (χ2n) is 19.9. The fraction of sp³-hybridized carbons (Fsp3) is 0.258. The van der Waals surface area contributed by atoms with E-state index in [1.807, 2.05) is 35.8 Å². The third-order valence-electron chi connectivity index (χ3n) is 13.8. The predicted molar refractivity (Wildman–Crippen MR) is 398 cm³/mol. The third kappa shape index (κ3) is 22.9. The number of halogens is 1. The largest absolute Gasteiger partial charge is 0.493 e. The van der Waals surface area contributed by atoms with Gasteiger partial charge in [-0.15, -0.1) is 30.6 Å². The Bertz CT molecular complexity index is 4540. The van der Waals surface area contributed by atoms with E-state index < -0.39 is 16.4 Å². The number of nitrogens with one attached hydrogen (secondary N) is 2. The quantitative estimate of drug-likeness (QED) is 0.0130. The van der Waals surface area contributed by atoms with Crippen LogP contribution in [0, 0.1) is 0 Å². The summed E-state index contributed by atoms with van der Waals surface area (Å²) in [5, 5.41) is 42.3. The first-order chi connectivity index (χ1) is 51.2. The van der Waals surface area contributed by atoms with Gasteiger partial charge in [0.2, 0.25) is 53.6 Å². The second-order valence-corrected chi connectivity index (χ2v) is 22.8. The molecule has 12 rings (SSSR count). The molecule has 0 aliphatic carbocycles. The van der Waals surface area contributed by atoms with E-state index in [1.165, 1.54) is 70.8 Å². The number of nitrogen functional groups attached to an aromatic ring is 3. The molecular formula is C62H77BrN18O23S3. The number of Topliss-reactive ketones (excluding diaryl/α,β-unsaturated/α-hetero) is 1. The lowest BCUT2D eigenvalue weighted by Crippen LogP contribution is -2.34. The summed E-state index contributed by atoms with van der Waals surface area (Å²) in [6.07, 6.45) is 0. The Labute approximate surface area is 628 Å². The van der Waals surface area contributed by atoms with Crippen molar-refractivity contribution >= 4 is 89.5 Å². The minimum atomic E-state index is -4.67. The van der Waals surface area contributed by atoms with Gasteiger partial charge in [-0.2, -0.15) is 18.2 Å². The van der Waals surface area contributed by atoms with E-state index in [4.69, 9.17) is 127 Å². The fourth-order valence-electron chi connectivity index (χ4n) is 9.05. The summed E-state index contributed by atoms with van der Waals surface area (Å²) in [5.41, 5.74) is 22.6. The van der Waals surface area contributed by atoms with Crippen LogP contribution in [0.4, 0.5) is 17.0 Å². The van der Waals surface area contributed by atoms with Crippen molar-refractivity contribution < 1.29 is 108 Å². The first-order valence-electron chi connectivity index (χ1n) is 29.7. The highest BCUT2D eigenvalue weighted by atomic mass is 79.9. The van der Waals surface area contributed by atoms with Crippen LogP contribution in [0.2, 0.25) is 0 Å². The zero-order chi connectivity index (χ0) is 79.2. The molecule has 0 saturated carbocycles. The number of carboxylic acid groups (broad SMARTS) is 1. The van der Waals surface area contributed by atoms with E-state index in [2.05, 4.69) is 81.6 Å². The molecule has 45 heteroatoms. The molecule has 0 fully saturated rings. The predicted octanol–water partition coefficient (Wildman–Crippen LogP) is 4.72. The summed E-state index contributed by atoms with van der Waals surface area (Å²) in [7, 11) is 13.6. The third-order valence-corrected chi connectivity index (χ3v) is 15.2. The van der Waals surface area contributed by atoms with Crippen molar-refractivity contribution in [2.75, 3.05) is 133 Å². The summed E-state index contributed by atoms with van der Waals surface area (Å²) in [4.78, 5) is 22.1. The Balaban J connectivity index is 0.000000237. The number of thiocarbonyl (C=S) groups is 1. The number of nitrogens with zero attached hydrogens (tertiary/aromatic N) is 9. The molecule has 3 aliphatic rings. The van der Waals surface area contributed by atoms with Crippen molar-refractivity contribution in [3.63, 3.8) is 0 Å². The van der Waals surface area contributed by atoms with Gasteiger partial charge in [0.1, 0.15) is 5.01 Å². The first-order valence-corrected chi connectivity index (χ1v) is 33.4. The molecule has 0 spiro atoms. The summed E-state index contributed by atoms with van der Waals surface area (Å²) in [6, 6.07) is 24.3. The molecule has 19 N–H and O–H groups in total. The number of ketones is 1. The molecule has 0 amide bonds. The number of carbonyl (C=O) groups excluding carboxylic acids is 1. The van der Waals surface area contributed by atoms with E-state index in [-0.39, 0.29) is 36.0 Å². The highest BCUT2D eigenvalue weighted by Crippen LogP contribution is 2.45. The number of anilines is 3. The molecule has 6 aromatic carbocycles. The zero-order valence-corrected chi connectivity index (χ0v) is 63.1. The highest BCUT2D eigenvalue weighted by Gasteiger charge is 2.26. The van der Waals surface area contributed by atoms with Crippen LogP contribution >= 0.6 is 39.5 Å². The van der Waals surface area contributed by atoms with Crippen molar-refractivity contribution in [2.24, 2.45) is 28.4 Å². The molecule has 0 radical (unpaired) electrons. The Kier molecular flexibility index (Phi) is 33.1. The van der Waals surface area contributed by atoms with Gasteiger partial charge in [-0.3, -0.25) is 25.6 Å². The number of hydrazine groups is 2. The number of hydrogen-bond donors (Lipinski definition) is 12. The van der Waals surface area contributed by atoms with Gasteiger partial charge in [-0.25, -0.2) is 15.3 Å². The van der Waals surface area contributed by atoms with Crippen molar-refractivity contribution in [1.82, 2.24) is 45.4 Å². The molecule has 3 aromatic heterocycles. The van der Waals surface area contributed by atoms with Crippen LogP contribution in [-0.2, 0) is 10.4 Å². The zero-order valence-electron chi connectivity index (χ0n) is 59.1.